The minimum atomic E-state index is 0.0242. The second-order valence-electron chi connectivity index (χ2n) is 3.89. The minimum absolute atomic E-state index is 0.0242. The summed E-state index contributed by atoms with van der Waals surface area (Å²) in [6.45, 7) is 5.03. The average Bonchev–Trinajstić information content (AvgIpc) is 2.17. The van der Waals surface area contributed by atoms with Crippen LogP contribution >= 0.6 is 0 Å². The molecule has 1 unspecified atom stereocenters. The maximum absolute atomic E-state index is 11.6. The Morgan fingerprint density at radius 2 is 2.00 bits per heavy atom. The molecule has 0 aromatic carbocycles. The van der Waals surface area contributed by atoms with Gasteiger partial charge >= 0.3 is 0 Å². The van der Waals surface area contributed by atoms with Crippen LogP contribution in [-0.4, -0.2) is 30.4 Å². The molecular weight excluding hydrogens is 176 g/mol. The van der Waals surface area contributed by atoms with Crippen LogP contribution in [0.15, 0.2) is 0 Å². The van der Waals surface area contributed by atoms with Gasteiger partial charge in [-0.3, -0.25) is 4.79 Å². The van der Waals surface area contributed by atoms with Crippen molar-refractivity contribution in [2.24, 2.45) is 5.73 Å². The zero-order valence-electron chi connectivity index (χ0n) is 9.75. The standard InChI is InChI=1S/C11H24N2O/c1-4-6-7-8-13(3)11(14)9-10(12)5-2/h10H,4-9,12H2,1-3H3. The van der Waals surface area contributed by atoms with E-state index in [0.717, 1.165) is 19.4 Å². The number of hydrogen-bond donors (Lipinski definition) is 1. The van der Waals surface area contributed by atoms with Gasteiger partial charge in [0.15, 0.2) is 0 Å². The lowest BCUT2D eigenvalue weighted by Gasteiger charge is -2.18. The Balaban J connectivity index is 3.64. The van der Waals surface area contributed by atoms with E-state index < -0.39 is 0 Å². The van der Waals surface area contributed by atoms with E-state index in [1.165, 1.54) is 12.8 Å². The predicted molar refractivity (Wildman–Crippen MR) is 60.0 cm³/mol. The van der Waals surface area contributed by atoms with Gasteiger partial charge in [0.1, 0.15) is 0 Å². The number of unbranched alkanes of at least 4 members (excludes halogenated alkanes) is 2. The van der Waals surface area contributed by atoms with Gasteiger partial charge in [-0.2, -0.15) is 0 Å². The third-order valence-electron chi connectivity index (χ3n) is 2.48. The van der Waals surface area contributed by atoms with Crippen LogP contribution in [0.5, 0.6) is 0 Å². The third kappa shape index (κ3) is 5.97. The number of carbonyl (C=O) groups excluding carboxylic acids is 1. The van der Waals surface area contributed by atoms with Gasteiger partial charge in [0, 0.05) is 26.1 Å². The molecule has 2 N–H and O–H groups in total. The van der Waals surface area contributed by atoms with Gasteiger partial charge in [0.2, 0.25) is 5.91 Å². The molecule has 0 aliphatic rings. The van der Waals surface area contributed by atoms with Gasteiger partial charge in [-0.1, -0.05) is 26.7 Å². The molecular formula is C11H24N2O. The molecule has 0 fully saturated rings. The van der Waals surface area contributed by atoms with Crippen molar-refractivity contribution in [1.82, 2.24) is 4.90 Å². The van der Waals surface area contributed by atoms with Crippen molar-refractivity contribution >= 4 is 5.91 Å². The Morgan fingerprint density at radius 1 is 1.36 bits per heavy atom. The van der Waals surface area contributed by atoms with Crippen molar-refractivity contribution in [3.05, 3.63) is 0 Å². The highest BCUT2D eigenvalue weighted by atomic mass is 16.2. The van der Waals surface area contributed by atoms with E-state index in [1.807, 2.05) is 14.0 Å². The van der Waals surface area contributed by atoms with Gasteiger partial charge < -0.3 is 10.6 Å². The van der Waals surface area contributed by atoms with E-state index in [-0.39, 0.29) is 11.9 Å². The van der Waals surface area contributed by atoms with Crippen molar-refractivity contribution in [2.45, 2.75) is 52.0 Å². The van der Waals surface area contributed by atoms with Gasteiger partial charge in [-0.15, -0.1) is 0 Å². The fourth-order valence-corrected chi connectivity index (χ4v) is 1.25. The van der Waals surface area contributed by atoms with Gasteiger partial charge in [0.05, 0.1) is 0 Å². The smallest absolute Gasteiger partial charge is 0.223 e. The first-order valence-electron chi connectivity index (χ1n) is 5.61. The molecule has 0 bridgehead atoms. The normalized spacial score (nSPS) is 12.6. The monoisotopic (exact) mass is 200 g/mol. The quantitative estimate of drug-likeness (QED) is 0.637. The summed E-state index contributed by atoms with van der Waals surface area (Å²) in [4.78, 5) is 13.3. The van der Waals surface area contributed by atoms with Crippen molar-refractivity contribution < 1.29 is 4.79 Å². The molecule has 0 aliphatic heterocycles. The molecule has 0 aliphatic carbocycles. The zero-order chi connectivity index (χ0) is 11.0. The molecule has 14 heavy (non-hydrogen) atoms. The fraction of sp³-hybridized carbons (Fsp3) is 0.909. The summed E-state index contributed by atoms with van der Waals surface area (Å²) in [5.41, 5.74) is 5.72. The van der Waals surface area contributed by atoms with E-state index in [2.05, 4.69) is 6.92 Å². The third-order valence-corrected chi connectivity index (χ3v) is 2.48. The lowest BCUT2D eigenvalue weighted by atomic mass is 10.1. The van der Waals surface area contributed by atoms with Gasteiger partial charge in [-0.25, -0.2) is 0 Å². The first-order chi connectivity index (χ1) is 6.61. The Bertz CT molecular complexity index is 159. The molecule has 3 nitrogen and oxygen atoms in total. The fourth-order valence-electron chi connectivity index (χ4n) is 1.25. The Hall–Kier alpha value is -0.570. The van der Waals surface area contributed by atoms with Crippen LogP contribution in [0.2, 0.25) is 0 Å². The number of carbonyl (C=O) groups is 1. The number of rotatable bonds is 7. The second-order valence-corrected chi connectivity index (χ2v) is 3.89. The summed E-state index contributed by atoms with van der Waals surface area (Å²) in [6, 6.07) is 0.0242. The van der Waals surface area contributed by atoms with E-state index in [1.54, 1.807) is 4.90 Å². The lowest BCUT2D eigenvalue weighted by molar-refractivity contribution is -0.130. The minimum Gasteiger partial charge on any atom is -0.346 e. The van der Waals surface area contributed by atoms with E-state index in [0.29, 0.717) is 6.42 Å². The average molecular weight is 200 g/mol. The largest absolute Gasteiger partial charge is 0.346 e. The van der Waals surface area contributed by atoms with E-state index >= 15 is 0 Å². The van der Waals surface area contributed by atoms with E-state index in [9.17, 15) is 4.79 Å². The highest BCUT2D eigenvalue weighted by molar-refractivity contribution is 5.76. The Morgan fingerprint density at radius 3 is 2.50 bits per heavy atom. The van der Waals surface area contributed by atoms with Crippen LogP contribution in [0.25, 0.3) is 0 Å². The molecule has 1 amide bonds. The predicted octanol–water partition coefficient (Wildman–Crippen LogP) is 1.76. The van der Waals surface area contributed by atoms with Crippen LogP contribution in [0.1, 0.15) is 46.0 Å². The van der Waals surface area contributed by atoms with Crippen LogP contribution in [0, 0.1) is 0 Å². The Labute approximate surface area is 87.6 Å². The molecule has 0 radical (unpaired) electrons. The molecule has 0 heterocycles. The number of amides is 1. The second kappa shape index (κ2) is 7.80. The topological polar surface area (TPSA) is 46.3 Å². The first kappa shape index (κ1) is 13.4. The highest BCUT2D eigenvalue weighted by Crippen LogP contribution is 2.01. The molecule has 0 saturated carbocycles. The van der Waals surface area contributed by atoms with Crippen molar-refractivity contribution in [2.75, 3.05) is 13.6 Å². The first-order valence-corrected chi connectivity index (χ1v) is 5.61. The summed E-state index contributed by atoms with van der Waals surface area (Å²) >= 11 is 0. The number of nitrogens with two attached hydrogens (primary N) is 1. The molecule has 0 saturated heterocycles. The molecule has 3 heteroatoms. The summed E-state index contributed by atoms with van der Waals surface area (Å²) in [5, 5.41) is 0. The van der Waals surface area contributed by atoms with Crippen LogP contribution in [0.3, 0.4) is 0 Å². The SMILES string of the molecule is CCCCCN(C)C(=O)CC(N)CC. The lowest BCUT2D eigenvalue weighted by Crippen LogP contribution is -2.33. The maximum atomic E-state index is 11.6. The van der Waals surface area contributed by atoms with Crippen LogP contribution in [-0.2, 0) is 4.79 Å². The van der Waals surface area contributed by atoms with Crippen molar-refractivity contribution in [3.63, 3.8) is 0 Å². The van der Waals surface area contributed by atoms with E-state index in [4.69, 9.17) is 5.73 Å². The van der Waals surface area contributed by atoms with Crippen LogP contribution < -0.4 is 5.73 Å². The van der Waals surface area contributed by atoms with Gasteiger partial charge in [-0.05, 0) is 12.8 Å². The summed E-state index contributed by atoms with van der Waals surface area (Å²) in [6.07, 6.45) is 4.84. The number of hydrogen-bond acceptors (Lipinski definition) is 2. The maximum Gasteiger partial charge on any atom is 0.223 e. The molecule has 0 spiro atoms. The highest BCUT2D eigenvalue weighted by Gasteiger charge is 2.11. The summed E-state index contributed by atoms with van der Waals surface area (Å²) in [5.74, 6) is 0.176. The molecule has 84 valence electrons. The molecule has 0 aromatic rings. The molecule has 0 rings (SSSR count). The zero-order valence-corrected chi connectivity index (χ0v) is 9.75. The van der Waals surface area contributed by atoms with Crippen molar-refractivity contribution in [1.29, 1.82) is 0 Å². The van der Waals surface area contributed by atoms with Crippen molar-refractivity contribution in [3.8, 4) is 0 Å². The summed E-state index contributed by atoms with van der Waals surface area (Å²) < 4.78 is 0. The van der Waals surface area contributed by atoms with Crippen LogP contribution in [0.4, 0.5) is 0 Å². The number of nitrogens with zero attached hydrogens (tertiary/aromatic N) is 1. The molecule has 1 atom stereocenters. The van der Waals surface area contributed by atoms with Gasteiger partial charge in [0.25, 0.3) is 0 Å². The summed E-state index contributed by atoms with van der Waals surface area (Å²) in [7, 11) is 1.86. The molecule has 0 aromatic heterocycles. The Kier molecular flexibility index (Phi) is 7.48.